The summed E-state index contributed by atoms with van der Waals surface area (Å²) in [6, 6.07) is 15.2. The first-order valence-electron chi connectivity index (χ1n) is 11.4. The largest absolute Gasteiger partial charge is 0.325 e. The molecule has 4 atom stereocenters. The lowest BCUT2D eigenvalue weighted by molar-refractivity contribution is -0.138. The Bertz CT molecular complexity index is 1000. The van der Waals surface area contributed by atoms with Gasteiger partial charge in [0.2, 0.25) is 5.91 Å². The van der Waals surface area contributed by atoms with Gasteiger partial charge in [-0.2, -0.15) is 0 Å². The van der Waals surface area contributed by atoms with Gasteiger partial charge in [0.25, 0.3) is 5.91 Å². The minimum absolute atomic E-state index is 0.0815. The average Bonchev–Trinajstić information content (AvgIpc) is 2.73. The molecule has 2 unspecified atom stereocenters. The van der Waals surface area contributed by atoms with Crippen molar-refractivity contribution in [3.05, 3.63) is 59.7 Å². The van der Waals surface area contributed by atoms with Crippen molar-refractivity contribution in [1.29, 1.82) is 0 Å². The summed E-state index contributed by atoms with van der Waals surface area (Å²) in [4.78, 5) is 26.5. The van der Waals surface area contributed by atoms with Crippen LogP contribution in [0.3, 0.4) is 0 Å². The Kier molecular flexibility index (Phi) is 5.20. The number of carbonyl (C=O) groups excluding carboxylic acids is 2. The third-order valence-electron chi connectivity index (χ3n) is 7.51. The number of anilines is 2. The van der Waals surface area contributed by atoms with Gasteiger partial charge < -0.3 is 10.6 Å². The van der Waals surface area contributed by atoms with Gasteiger partial charge in [-0.25, -0.2) is 0 Å². The van der Waals surface area contributed by atoms with Crippen LogP contribution in [0.5, 0.6) is 0 Å². The Balaban J connectivity index is 1.34. The van der Waals surface area contributed by atoms with Gasteiger partial charge >= 0.3 is 0 Å². The van der Waals surface area contributed by atoms with E-state index in [1.54, 1.807) is 6.07 Å². The maximum Gasteiger partial charge on any atom is 0.257 e. The summed E-state index contributed by atoms with van der Waals surface area (Å²) in [5, 5.41) is 6.12. The SMILES string of the molecule is CCc1ccc(NC(=O)c2ccccc2NC(=O)C23C[C@@H]4C[C@@H](CC(Br)(C4)C2)C3)cc1. The van der Waals surface area contributed by atoms with Crippen LogP contribution in [0.4, 0.5) is 11.4 Å². The summed E-state index contributed by atoms with van der Waals surface area (Å²) in [7, 11) is 0. The number of nitrogens with one attached hydrogen (secondary N) is 2. The van der Waals surface area contributed by atoms with Crippen molar-refractivity contribution in [3.8, 4) is 0 Å². The van der Waals surface area contributed by atoms with E-state index in [2.05, 4.69) is 33.5 Å². The van der Waals surface area contributed by atoms with Gasteiger partial charge in [0.15, 0.2) is 0 Å². The smallest absolute Gasteiger partial charge is 0.257 e. The second-order valence-electron chi connectivity index (χ2n) is 9.90. The first kappa shape index (κ1) is 20.7. The number of carbonyl (C=O) groups is 2. The molecule has 0 radical (unpaired) electrons. The van der Waals surface area contributed by atoms with E-state index in [1.165, 1.54) is 24.8 Å². The van der Waals surface area contributed by atoms with Crippen molar-refractivity contribution < 1.29 is 9.59 Å². The fourth-order valence-corrected chi connectivity index (χ4v) is 7.94. The molecular formula is C26H29BrN2O2. The molecule has 4 aliphatic rings. The number of aryl methyl sites for hydroxylation is 1. The molecule has 162 valence electrons. The maximum atomic E-state index is 13.5. The van der Waals surface area contributed by atoms with Crippen molar-refractivity contribution >= 4 is 39.1 Å². The summed E-state index contributed by atoms with van der Waals surface area (Å²) in [6.07, 6.45) is 7.45. The third-order valence-corrected chi connectivity index (χ3v) is 8.44. The number of amides is 2. The first-order valence-corrected chi connectivity index (χ1v) is 12.2. The molecule has 31 heavy (non-hydrogen) atoms. The lowest BCUT2D eigenvalue weighted by Crippen LogP contribution is -2.57. The summed E-state index contributed by atoms with van der Waals surface area (Å²) in [5.41, 5.74) is 2.76. The predicted octanol–water partition coefficient (Wildman–Crippen LogP) is 6.17. The minimum Gasteiger partial charge on any atom is -0.325 e. The molecule has 2 amide bonds. The number of rotatable bonds is 5. The quantitative estimate of drug-likeness (QED) is 0.502. The van der Waals surface area contributed by atoms with Crippen LogP contribution >= 0.6 is 15.9 Å². The van der Waals surface area contributed by atoms with Gasteiger partial charge in [-0.3, -0.25) is 9.59 Å². The second-order valence-corrected chi connectivity index (χ2v) is 11.6. The molecule has 0 heterocycles. The lowest BCUT2D eigenvalue weighted by atomic mass is 9.49. The van der Waals surface area contributed by atoms with Gasteiger partial charge in [0, 0.05) is 10.0 Å². The van der Waals surface area contributed by atoms with E-state index in [4.69, 9.17) is 0 Å². The Morgan fingerprint density at radius 1 is 0.968 bits per heavy atom. The van der Waals surface area contributed by atoms with Crippen LogP contribution in [0.1, 0.15) is 61.4 Å². The summed E-state index contributed by atoms with van der Waals surface area (Å²) >= 11 is 3.99. The van der Waals surface area contributed by atoms with Crippen LogP contribution in [0.15, 0.2) is 48.5 Å². The fourth-order valence-electron chi connectivity index (χ4n) is 6.48. The second kappa shape index (κ2) is 7.77. The maximum absolute atomic E-state index is 13.5. The highest BCUT2D eigenvalue weighted by atomic mass is 79.9. The van der Waals surface area contributed by atoms with Gasteiger partial charge in [-0.05, 0) is 86.6 Å². The molecule has 6 rings (SSSR count). The van der Waals surface area contributed by atoms with E-state index in [0.29, 0.717) is 23.1 Å². The molecule has 4 fully saturated rings. The average molecular weight is 481 g/mol. The van der Waals surface area contributed by atoms with Crippen LogP contribution in [-0.4, -0.2) is 16.1 Å². The molecule has 4 nitrogen and oxygen atoms in total. The van der Waals surface area contributed by atoms with E-state index in [-0.39, 0.29) is 21.6 Å². The van der Waals surface area contributed by atoms with Crippen LogP contribution in [0.2, 0.25) is 0 Å². The number of para-hydroxylation sites is 1. The van der Waals surface area contributed by atoms with Crippen molar-refractivity contribution in [2.24, 2.45) is 17.3 Å². The Hall–Kier alpha value is -2.14. The molecule has 4 saturated carbocycles. The zero-order valence-electron chi connectivity index (χ0n) is 17.9. The van der Waals surface area contributed by atoms with Crippen molar-refractivity contribution in [3.63, 3.8) is 0 Å². The topological polar surface area (TPSA) is 58.2 Å². The first-order chi connectivity index (χ1) is 14.9. The van der Waals surface area contributed by atoms with E-state index >= 15 is 0 Å². The molecule has 5 heteroatoms. The number of hydrogen-bond acceptors (Lipinski definition) is 2. The highest BCUT2D eigenvalue weighted by Gasteiger charge is 2.59. The Labute approximate surface area is 192 Å². The summed E-state index contributed by atoms with van der Waals surface area (Å²) in [6.45, 7) is 2.10. The zero-order valence-corrected chi connectivity index (χ0v) is 19.5. The molecule has 2 aromatic carbocycles. The Morgan fingerprint density at radius 3 is 2.29 bits per heavy atom. The van der Waals surface area contributed by atoms with Crippen molar-refractivity contribution in [1.82, 2.24) is 0 Å². The van der Waals surface area contributed by atoms with Crippen LogP contribution in [0, 0.1) is 17.3 Å². The number of halogens is 1. The van der Waals surface area contributed by atoms with Crippen LogP contribution in [-0.2, 0) is 11.2 Å². The standard InChI is InChI=1S/C26H29BrN2O2/c1-2-17-7-9-20(10-8-17)28-23(30)21-5-3-4-6-22(21)29-24(31)25-12-18-11-19(13-25)15-26(27,14-18)16-25/h3-10,18-19H,2,11-16H2,1H3,(H,28,30)(H,29,31)/t18-,19+,25?,26?. The highest BCUT2D eigenvalue weighted by molar-refractivity contribution is 9.10. The molecule has 2 aromatic rings. The summed E-state index contributed by atoms with van der Waals surface area (Å²) < 4.78 is 0.121. The van der Waals surface area contributed by atoms with Crippen molar-refractivity contribution in [2.75, 3.05) is 10.6 Å². The van der Waals surface area contributed by atoms with Gasteiger partial charge in [0.05, 0.1) is 16.7 Å². The van der Waals surface area contributed by atoms with E-state index < -0.39 is 0 Å². The molecule has 0 aromatic heterocycles. The molecule has 0 saturated heterocycles. The monoisotopic (exact) mass is 480 g/mol. The predicted molar refractivity (Wildman–Crippen MR) is 128 cm³/mol. The molecule has 2 N–H and O–H groups in total. The van der Waals surface area contributed by atoms with Crippen molar-refractivity contribution in [2.45, 2.75) is 56.2 Å². The van der Waals surface area contributed by atoms with Crippen LogP contribution < -0.4 is 10.6 Å². The third kappa shape index (κ3) is 3.93. The zero-order chi connectivity index (χ0) is 21.6. The van der Waals surface area contributed by atoms with E-state index in [1.807, 2.05) is 42.5 Å². The Morgan fingerprint density at radius 2 is 1.65 bits per heavy atom. The fraction of sp³-hybridized carbons (Fsp3) is 0.462. The van der Waals surface area contributed by atoms with Gasteiger partial charge in [-0.1, -0.05) is 47.1 Å². The molecule has 0 spiro atoms. The van der Waals surface area contributed by atoms with Gasteiger partial charge in [0.1, 0.15) is 0 Å². The summed E-state index contributed by atoms with van der Waals surface area (Å²) in [5.74, 6) is 1.15. The normalized spacial score (nSPS) is 30.8. The number of benzene rings is 2. The van der Waals surface area contributed by atoms with Gasteiger partial charge in [-0.15, -0.1) is 0 Å². The number of hydrogen-bond donors (Lipinski definition) is 2. The molecule has 0 aliphatic heterocycles. The van der Waals surface area contributed by atoms with E-state index in [0.717, 1.165) is 31.4 Å². The van der Waals surface area contributed by atoms with Crippen LogP contribution in [0.25, 0.3) is 0 Å². The molecule has 4 bridgehead atoms. The molecular weight excluding hydrogens is 452 g/mol. The number of alkyl halides is 1. The molecule has 4 aliphatic carbocycles. The lowest BCUT2D eigenvalue weighted by Gasteiger charge is -2.59. The highest BCUT2D eigenvalue weighted by Crippen LogP contribution is 2.64. The minimum atomic E-state index is -0.312. The van der Waals surface area contributed by atoms with E-state index in [9.17, 15) is 9.59 Å².